The molecule has 1 aromatic carbocycles. The Morgan fingerprint density at radius 2 is 2.33 bits per heavy atom. The molecule has 2 rings (SSSR count). The van der Waals surface area contributed by atoms with Crippen LogP contribution in [0, 0.1) is 5.82 Å². The van der Waals surface area contributed by atoms with Gasteiger partial charge in [-0.15, -0.1) is 11.3 Å². The van der Waals surface area contributed by atoms with Crippen molar-refractivity contribution in [3.8, 4) is 0 Å². The van der Waals surface area contributed by atoms with Crippen LogP contribution in [-0.2, 0) is 6.54 Å². The fourth-order valence-electron chi connectivity index (χ4n) is 2.01. The molecule has 0 saturated heterocycles. The maximum atomic E-state index is 13.6. The molecule has 1 unspecified atom stereocenters. The first kappa shape index (κ1) is 15.4. The zero-order chi connectivity index (χ0) is 15.2. The number of oxime groups is 1. The van der Waals surface area contributed by atoms with Crippen LogP contribution >= 0.6 is 11.3 Å². The van der Waals surface area contributed by atoms with Crippen molar-refractivity contribution in [2.24, 2.45) is 10.9 Å². The van der Waals surface area contributed by atoms with Crippen LogP contribution in [0.15, 0.2) is 34.9 Å². The average Bonchev–Trinajstić information content (AvgIpc) is 3.00. The molecule has 2 aromatic rings. The van der Waals surface area contributed by atoms with Crippen molar-refractivity contribution >= 4 is 17.2 Å². The maximum Gasteiger partial charge on any atom is 0.170 e. The fourth-order valence-corrected chi connectivity index (χ4v) is 2.81. The van der Waals surface area contributed by atoms with Crippen LogP contribution in [0.2, 0.25) is 0 Å². The van der Waals surface area contributed by atoms with Crippen LogP contribution in [-0.4, -0.2) is 16.0 Å². The number of nitrogens with one attached hydrogen (secondary N) is 1. The standard InChI is InChI=1S/C14H17FN4OS/c1-2-12(14-17-3-4-21-14)18-8-9-5-10(13(16)19-20)7-11(15)6-9/h3-7,12,18,20H,2,8H2,1H3,(H2,16,19). The summed E-state index contributed by atoms with van der Waals surface area (Å²) in [6.45, 7) is 2.54. The predicted molar refractivity (Wildman–Crippen MR) is 80.9 cm³/mol. The number of hydrogen-bond donors (Lipinski definition) is 3. The predicted octanol–water partition coefficient (Wildman–Crippen LogP) is 2.62. The highest BCUT2D eigenvalue weighted by Gasteiger charge is 2.12. The van der Waals surface area contributed by atoms with E-state index in [1.54, 1.807) is 23.6 Å². The van der Waals surface area contributed by atoms with Gasteiger partial charge in [0.05, 0.1) is 6.04 Å². The molecular weight excluding hydrogens is 291 g/mol. The van der Waals surface area contributed by atoms with E-state index in [9.17, 15) is 4.39 Å². The molecule has 0 fully saturated rings. The first-order valence-corrected chi connectivity index (χ1v) is 7.42. The van der Waals surface area contributed by atoms with Gasteiger partial charge in [0, 0.05) is 23.7 Å². The molecule has 21 heavy (non-hydrogen) atoms. The Hall–Kier alpha value is -1.99. The number of rotatable bonds is 6. The largest absolute Gasteiger partial charge is 0.409 e. The Kier molecular flexibility index (Phi) is 5.24. The van der Waals surface area contributed by atoms with Crippen molar-refractivity contribution in [1.29, 1.82) is 0 Å². The SMILES string of the molecule is CCC(NCc1cc(F)cc(/C(N)=N/O)c1)c1nccs1. The highest BCUT2D eigenvalue weighted by Crippen LogP contribution is 2.19. The molecule has 0 bridgehead atoms. The van der Waals surface area contributed by atoms with Gasteiger partial charge in [-0.3, -0.25) is 0 Å². The summed E-state index contributed by atoms with van der Waals surface area (Å²) < 4.78 is 13.6. The maximum absolute atomic E-state index is 13.6. The Labute approximate surface area is 126 Å². The van der Waals surface area contributed by atoms with E-state index in [0.29, 0.717) is 12.1 Å². The normalized spacial score (nSPS) is 13.3. The van der Waals surface area contributed by atoms with Crippen molar-refractivity contribution in [3.05, 3.63) is 51.7 Å². The van der Waals surface area contributed by atoms with Crippen LogP contribution in [0.5, 0.6) is 0 Å². The summed E-state index contributed by atoms with van der Waals surface area (Å²) in [4.78, 5) is 4.29. The zero-order valence-electron chi connectivity index (χ0n) is 11.6. The molecule has 0 aliphatic rings. The van der Waals surface area contributed by atoms with Crippen LogP contribution in [0.3, 0.4) is 0 Å². The molecule has 0 aliphatic carbocycles. The third-order valence-corrected chi connectivity index (χ3v) is 3.96. The number of aromatic nitrogens is 1. The summed E-state index contributed by atoms with van der Waals surface area (Å²) in [6, 6.07) is 4.48. The number of benzene rings is 1. The first-order chi connectivity index (χ1) is 10.1. The monoisotopic (exact) mass is 308 g/mol. The van der Waals surface area contributed by atoms with E-state index in [1.807, 2.05) is 5.38 Å². The quantitative estimate of drug-likeness (QED) is 0.331. The van der Waals surface area contributed by atoms with Crippen molar-refractivity contribution in [2.45, 2.75) is 25.9 Å². The minimum Gasteiger partial charge on any atom is -0.409 e. The van der Waals surface area contributed by atoms with E-state index in [0.717, 1.165) is 17.0 Å². The Morgan fingerprint density at radius 1 is 1.52 bits per heavy atom. The molecule has 0 spiro atoms. The lowest BCUT2D eigenvalue weighted by atomic mass is 10.1. The molecule has 5 nitrogen and oxygen atoms in total. The number of hydrogen-bond acceptors (Lipinski definition) is 5. The van der Waals surface area contributed by atoms with Gasteiger partial charge in [-0.1, -0.05) is 12.1 Å². The summed E-state index contributed by atoms with van der Waals surface area (Å²) in [5, 5.41) is 17.8. The van der Waals surface area contributed by atoms with Gasteiger partial charge in [-0.2, -0.15) is 0 Å². The Bertz CT molecular complexity index is 615. The van der Waals surface area contributed by atoms with E-state index in [4.69, 9.17) is 10.9 Å². The molecule has 0 aliphatic heterocycles. The average molecular weight is 308 g/mol. The van der Waals surface area contributed by atoms with Gasteiger partial charge in [-0.05, 0) is 30.2 Å². The Balaban J connectivity index is 2.11. The van der Waals surface area contributed by atoms with E-state index in [2.05, 4.69) is 22.4 Å². The second-order valence-electron chi connectivity index (χ2n) is 4.55. The third kappa shape index (κ3) is 3.99. The fraction of sp³-hybridized carbons (Fsp3) is 0.286. The summed E-state index contributed by atoms with van der Waals surface area (Å²) in [5.41, 5.74) is 6.58. The molecule has 1 atom stereocenters. The van der Waals surface area contributed by atoms with Crippen molar-refractivity contribution in [1.82, 2.24) is 10.3 Å². The number of amidine groups is 1. The lowest BCUT2D eigenvalue weighted by molar-refractivity contribution is 0.318. The van der Waals surface area contributed by atoms with Gasteiger partial charge >= 0.3 is 0 Å². The van der Waals surface area contributed by atoms with Gasteiger partial charge in [0.2, 0.25) is 0 Å². The lowest BCUT2D eigenvalue weighted by Crippen LogP contribution is -2.21. The summed E-state index contributed by atoms with van der Waals surface area (Å²) in [5.74, 6) is -0.527. The van der Waals surface area contributed by atoms with Crippen molar-refractivity contribution in [2.75, 3.05) is 0 Å². The number of thiazole rings is 1. The van der Waals surface area contributed by atoms with Gasteiger partial charge in [0.15, 0.2) is 5.84 Å². The van der Waals surface area contributed by atoms with Gasteiger partial charge in [0.1, 0.15) is 10.8 Å². The molecule has 0 radical (unpaired) electrons. The summed E-state index contributed by atoms with van der Waals surface area (Å²) in [6.07, 6.45) is 2.65. The minimum absolute atomic E-state index is 0.109. The second kappa shape index (κ2) is 7.14. The number of nitrogens with zero attached hydrogens (tertiary/aromatic N) is 2. The highest BCUT2D eigenvalue weighted by molar-refractivity contribution is 7.09. The molecule has 7 heteroatoms. The van der Waals surface area contributed by atoms with Crippen molar-refractivity contribution < 1.29 is 9.60 Å². The molecule has 4 N–H and O–H groups in total. The van der Waals surface area contributed by atoms with E-state index < -0.39 is 5.82 Å². The Morgan fingerprint density at radius 3 is 2.95 bits per heavy atom. The van der Waals surface area contributed by atoms with Crippen LogP contribution in [0.25, 0.3) is 0 Å². The van der Waals surface area contributed by atoms with Crippen LogP contribution < -0.4 is 11.1 Å². The first-order valence-electron chi connectivity index (χ1n) is 6.54. The van der Waals surface area contributed by atoms with Gasteiger partial charge in [0.25, 0.3) is 0 Å². The van der Waals surface area contributed by atoms with Crippen molar-refractivity contribution in [3.63, 3.8) is 0 Å². The van der Waals surface area contributed by atoms with Gasteiger partial charge < -0.3 is 16.3 Å². The molecule has 1 heterocycles. The topological polar surface area (TPSA) is 83.5 Å². The molecule has 0 saturated carbocycles. The molecule has 1 aromatic heterocycles. The van der Waals surface area contributed by atoms with Gasteiger partial charge in [-0.25, -0.2) is 9.37 Å². The molecular formula is C14H17FN4OS. The highest BCUT2D eigenvalue weighted by atomic mass is 32.1. The van der Waals surface area contributed by atoms with E-state index >= 15 is 0 Å². The summed E-state index contributed by atoms with van der Waals surface area (Å²) >= 11 is 1.59. The summed E-state index contributed by atoms with van der Waals surface area (Å²) in [7, 11) is 0. The minimum atomic E-state index is -0.418. The molecule has 0 amide bonds. The second-order valence-corrected chi connectivity index (χ2v) is 5.47. The lowest BCUT2D eigenvalue weighted by Gasteiger charge is -2.15. The number of halogens is 1. The number of nitrogens with two attached hydrogens (primary N) is 1. The zero-order valence-corrected chi connectivity index (χ0v) is 12.4. The van der Waals surface area contributed by atoms with E-state index in [1.165, 1.54) is 12.1 Å². The third-order valence-electron chi connectivity index (χ3n) is 3.07. The smallest absolute Gasteiger partial charge is 0.170 e. The van der Waals surface area contributed by atoms with E-state index in [-0.39, 0.29) is 11.9 Å². The van der Waals surface area contributed by atoms with Crippen LogP contribution in [0.1, 0.15) is 35.5 Å². The molecule has 112 valence electrons. The van der Waals surface area contributed by atoms with Crippen LogP contribution in [0.4, 0.5) is 4.39 Å².